The smallest absolute Gasteiger partial charge is 0.133 e. The van der Waals surface area contributed by atoms with E-state index in [1.54, 1.807) is 6.26 Å². The maximum absolute atomic E-state index is 11.3. The molecule has 2 nitrogen and oxygen atoms in total. The van der Waals surface area contributed by atoms with E-state index in [2.05, 4.69) is 0 Å². The summed E-state index contributed by atoms with van der Waals surface area (Å²) in [6.45, 7) is 0. The van der Waals surface area contributed by atoms with E-state index in [4.69, 9.17) is 4.42 Å². The highest BCUT2D eigenvalue weighted by atomic mass is 16.3. The molecule has 0 aliphatic heterocycles. The summed E-state index contributed by atoms with van der Waals surface area (Å²) in [6.07, 6.45) is 6.42. The third kappa shape index (κ3) is 2.00. The van der Waals surface area contributed by atoms with Gasteiger partial charge in [-0.05, 0) is 25.0 Å². The maximum atomic E-state index is 11.3. The first-order valence-electron chi connectivity index (χ1n) is 4.91. The molecule has 0 amide bonds. The summed E-state index contributed by atoms with van der Waals surface area (Å²) in [6, 6.07) is 3.87. The van der Waals surface area contributed by atoms with E-state index in [0.717, 1.165) is 31.4 Å². The van der Waals surface area contributed by atoms with Crippen molar-refractivity contribution >= 4 is 5.78 Å². The van der Waals surface area contributed by atoms with Crippen LogP contribution < -0.4 is 0 Å². The molecule has 70 valence electrons. The van der Waals surface area contributed by atoms with Crippen molar-refractivity contribution in [2.45, 2.75) is 38.0 Å². The van der Waals surface area contributed by atoms with E-state index in [-0.39, 0.29) is 0 Å². The van der Waals surface area contributed by atoms with Gasteiger partial charge in [-0.3, -0.25) is 4.79 Å². The monoisotopic (exact) mass is 178 g/mol. The summed E-state index contributed by atoms with van der Waals surface area (Å²) >= 11 is 0. The van der Waals surface area contributed by atoms with Gasteiger partial charge in [0.2, 0.25) is 0 Å². The van der Waals surface area contributed by atoms with Crippen molar-refractivity contribution < 1.29 is 9.21 Å². The topological polar surface area (TPSA) is 30.2 Å². The Morgan fingerprint density at radius 2 is 2.31 bits per heavy atom. The molecular formula is C11H14O2. The van der Waals surface area contributed by atoms with Crippen LogP contribution in [0.1, 0.15) is 43.8 Å². The molecule has 1 aliphatic rings. The van der Waals surface area contributed by atoms with Crippen molar-refractivity contribution in [3.63, 3.8) is 0 Å². The maximum Gasteiger partial charge on any atom is 0.133 e. The molecule has 1 atom stereocenters. The van der Waals surface area contributed by atoms with Gasteiger partial charge >= 0.3 is 0 Å². The second kappa shape index (κ2) is 3.77. The first-order valence-corrected chi connectivity index (χ1v) is 4.91. The van der Waals surface area contributed by atoms with Gasteiger partial charge in [0.15, 0.2) is 0 Å². The lowest BCUT2D eigenvalue weighted by atomic mass is 9.97. The van der Waals surface area contributed by atoms with Crippen LogP contribution in [0.3, 0.4) is 0 Å². The van der Waals surface area contributed by atoms with Gasteiger partial charge in [0.1, 0.15) is 11.5 Å². The summed E-state index contributed by atoms with van der Waals surface area (Å²) < 4.78 is 5.32. The molecule has 0 saturated heterocycles. The Morgan fingerprint density at radius 1 is 1.38 bits per heavy atom. The number of hydrogen-bond donors (Lipinski definition) is 0. The molecule has 1 aromatic heterocycles. The lowest BCUT2D eigenvalue weighted by Crippen LogP contribution is -2.02. The second-order valence-electron chi connectivity index (χ2n) is 3.70. The first kappa shape index (κ1) is 8.54. The Labute approximate surface area is 77.9 Å². The Morgan fingerprint density at radius 3 is 3.08 bits per heavy atom. The zero-order chi connectivity index (χ0) is 9.10. The molecule has 1 heterocycles. The van der Waals surface area contributed by atoms with Crippen LogP contribution in [0, 0.1) is 0 Å². The van der Waals surface area contributed by atoms with Crippen LogP contribution in [0.2, 0.25) is 0 Å². The van der Waals surface area contributed by atoms with E-state index >= 15 is 0 Å². The number of Topliss-reactive ketones (excluding diaryl/α,β-unsaturated/α-hetero) is 1. The van der Waals surface area contributed by atoms with E-state index in [0.29, 0.717) is 18.1 Å². The van der Waals surface area contributed by atoms with Crippen LogP contribution in [0.4, 0.5) is 0 Å². The number of carbonyl (C=O) groups is 1. The fraction of sp³-hybridized carbons (Fsp3) is 0.545. The quantitative estimate of drug-likeness (QED) is 0.619. The van der Waals surface area contributed by atoms with Crippen molar-refractivity contribution in [2.24, 2.45) is 0 Å². The predicted octanol–water partition coefficient (Wildman–Crippen LogP) is 2.90. The van der Waals surface area contributed by atoms with Crippen LogP contribution in [-0.4, -0.2) is 5.78 Å². The van der Waals surface area contributed by atoms with Gasteiger partial charge in [-0.2, -0.15) is 0 Å². The van der Waals surface area contributed by atoms with Crippen molar-refractivity contribution in [3.05, 3.63) is 24.2 Å². The highest BCUT2D eigenvalue weighted by Gasteiger charge is 2.20. The largest absolute Gasteiger partial charge is 0.469 e. The molecule has 1 fully saturated rings. The Balaban J connectivity index is 2.09. The van der Waals surface area contributed by atoms with E-state index in [9.17, 15) is 4.79 Å². The molecule has 0 N–H and O–H groups in total. The second-order valence-corrected chi connectivity index (χ2v) is 3.70. The summed E-state index contributed by atoms with van der Waals surface area (Å²) in [7, 11) is 0. The van der Waals surface area contributed by atoms with E-state index in [1.165, 1.54) is 0 Å². The fourth-order valence-corrected chi connectivity index (χ4v) is 1.96. The predicted molar refractivity (Wildman–Crippen MR) is 49.5 cm³/mol. The molecule has 1 unspecified atom stereocenters. The molecule has 13 heavy (non-hydrogen) atoms. The molecule has 1 aliphatic carbocycles. The minimum Gasteiger partial charge on any atom is -0.469 e. The summed E-state index contributed by atoms with van der Waals surface area (Å²) in [5.41, 5.74) is 0. The lowest BCUT2D eigenvalue weighted by molar-refractivity contribution is -0.119. The third-order valence-corrected chi connectivity index (χ3v) is 2.68. The number of carbonyl (C=O) groups excluding carboxylic acids is 1. The number of furan rings is 1. The third-order valence-electron chi connectivity index (χ3n) is 2.68. The van der Waals surface area contributed by atoms with Crippen molar-refractivity contribution in [3.8, 4) is 0 Å². The highest BCUT2D eigenvalue weighted by Crippen LogP contribution is 2.29. The van der Waals surface area contributed by atoms with Gasteiger partial charge in [0.05, 0.1) is 6.26 Å². The van der Waals surface area contributed by atoms with Crippen LogP contribution in [0.5, 0.6) is 0 Å². The minimum atomic E-state index is 0.338. The molecule has 0 radical (unpaired) electrons. The Bertz CT molecular complexity index is 274. The van der Waals surface area contributed by atoms with Gasteiger partial charge in [0.25, 0.3) is 0 Å². The molecule has 0 spiro atoms. The average molecular weight is 178 g/mol. The molecule has 2 heteroatoms. The van der Waals surface area contributed by atoms with Crippen molar-refractivity contribution in [1.29, 1.82) is 0 Å². The van der Waals surface area contributed by atoms with Gasteiger partial charge in [-0.15, -0.1) is 0 Å². The van der Waals surface area contributed by atoms with Crippen LogP contribution >= 0.6 is 0 Å². The highest BCUT2D eigenvalue weighted by molar-refractivity contribution is 5.79. The molecule has 1 aromatic rings. The van der Waals surface area contributed by atoms with Gasteiger partial charge in [-0.1, -0.05) is 6.42 Å². The fourth-order valence-electron chi connectivity index (χ4n) is 1.96. The molecular weight excluding hydrogens is 164 g/mol. The Hall–Kier alpha value is -1.05. The summed E-state index contributed by atoms with van der Waals surface area (Å²) in [4.78, 5) is 11.3. The standard InChI is InChI=1S/C11H14O2/c12-10-5-2-1-4-9(8-10)11-6-3-7-13-11/h3,6-7,9H,1-2,4-5,8H2. The summed E-state index contributed by atoms with van der Waals surface area (Å²) in [5, 5.41) is 0. The number of hydrogen-bond acceptors (Lipinski definition) is 2. The van der Waals surface area contributed by atoms with Crippen LogP contribution in [0.15, 0.2) is 22.8 Å². The van der Waals surface area contributed by atoms with E-state index < -0.39 is 0 Å². The van der Waals surface area contributed by atoms with Gasteiger partial charge < -0.3 is 4.42 Å². The SMILES string of the molecule is O=C1CCCCC(c2ccco2)C1. The number of rotatable bonds is 1. The summed E-state index contributed by atoms with van der Waals surface area (Å²) in [5.74, 6) is 1.71. The molecule has 1 saturated carbocycles. The van der Waals surface area contributed by atoms with Crippen molar-refractivity contribution in [1.82, 2.24) is 0 Å². The van der Waals surface area contributed by atoms with E-state index in [1.807, 2.05) is 12.1 Å². The lowest BCUT2D eigenvalue weighted by Gasteiger charge is -2.08. The normalized spacial score (nSPS) is 24.3. The minimum absolute atomic E-state index is 0.338. The molecule has 0 bridgehead atoms. The Kier molecular flexibility index (Phi) is 2.48. The molecule has 2 rings (SSSR count). The van der Waals surface area contributed by atoms with Crippen LogP contribution in [0.25, 0.3) is 0 Å². The average Bonchev–Trinajstić information content (AvgIpc) is 2.56. The van der Waals surface area contributed by atoms with Crippen LogP contribution in [-0.2, 0) is 4.79 Å². The first-order chi connectivity index (χ1) is 6.36. The zero-order valence-electron chi connectivity index (χ0n) is 7.66. The van der Waals surface area contributed by atoms with Gasteiger partial charge in [-0.25, -0.2) is 0 Å². The number of ketones is 1. The van der Waals surface area contributed by atoms with Crippen molar-refractivity contribution in [2.75, 3.05) is 0 Å². The zero-order valence-corrected chi connectivity index (χ0v) is 7.66. The van der Waals surface area contributed by atoms with Gasteiger partial charge in [0, 0.05) is 18.8 Å². The molecule has 0 aromatic carbocycles.